The third kappa shape index (κ3) is 2.62. The average Bonchev–Trinajstić information content (AvgIpc) is 2.70. The predicted molar refractivity (Wildman–Crippen MR) is 73.3 cm³/mol. The number of nitrogens with zero attached hydrogens (tertiary/aromatic N) is 2. The van der Waals surface area contributed by atoms with Crippen LogP contribution in [0.3, 0.4) is 0 Å². The second kappa shape index (κ2) is 5.12. The van der Waals surface area contributed by atoms with E-state index < -0.39 is 10.0 Å². The lowest BCUT2D eigenvalue weighted by Gasteiger charge is -2.17. The first-order valence-corrected chi connectivity index (χ1v) is 7.88. The summed E-state index contributed by atoms with van der Waals surface area (Å²) in [6.45, 7) is 5.11. The first-order chi connectivity index (χ1) is 8.86. The minimum atomic E-state index is -3.57. The van der Waals surface area contributed by atoms with Gasteiger partial charge in [0.2, 0.25) is 10.0 Å². The van der Waals surface area contributed by atoms with Crippen molar-refractivity contribution >= 4 is 21.6 Å². The predicted octanol–water partition coefficient (Wildman–Crippen LogP) is 2.49. The van der Waals surface area contributed by atoms with Gasteiger partial charge in [-0.05, 0) is 30.0 Å². The van der Waals surface area contributed by atoms with Gasteiger partial charge < -0.3 is 0 Å². The Kier molecular flexibility index (Phi) is 3.86. The lowest BCUT2D eigenvalue weighted by atomic mass is 10.0. The molecule has 2 rings (SSSR count). The molecule has 1 aromatic carbocycles. The molecule has 0 amide bonds. The van der Waals surface area contributed by atoms with E-state index in [4.69, 9.17) is 16.9 Å². The van der Waals surface area contributed by atoms with Gasteiger partial charge in [0.05, 0.1) is 16.7 Å². The Morgan fingerprint density at radius 3 is 2.37 bits per heavy atom. The summed E-state index contributed by atoms with van der Waals surface area (Å²) in [7, 11) is -3.57. The summed E-state index contributed by atoms with van der Waals surface area (Å²) in [6, 6.07) is 6.20. The SMILES string of the molecule is CC1CN(S(=O)(=O)c2ccc(C#N)cc2Cl)CC1C. The van der Waals surface area contributed by atoms with Crippen LogP contribution >= 0.6 is 11.6 Å². The highest BCUT2D eigenvalue weighted by Gasteiger charge is 2.35. The second-order valence-corrected chi connectivity index (χ2v) is 7.35. The van der Waals surface area contributed by atoms with Crippen molar-refractivity contribution in [1.29, 1.82) is 5.26 Å². The van der Waals surface area contributed by atoms with Gasteiger partial charge in [-0.15, -0.1) is 0 Å². The highest BCUT2D eigenvalue weighted by Crippen LogP contribution is 2.31. The smallest absolute Gasteiger partial charge is 0.207 e. The molecule has 2 atom stereocenters. The molecule has 0 spiro atoms. The Morgan fingerprint density at radius 2 is 1.89 bits per heavy atom. The third-order valence-corrected chi connectivity index (χ3v) is 5.95. The number of sulfonamides is 1. The van der Waals surface area contributed by atoms with Gasteiger partial charge in [-0.25, -0.2) is 8.42 Å². The van der Waals surface area contributed by atoms with E-state index in [1.54, 1.807) is 0 Å². The summed E-state index contributed by atoms with van der Waals surface area (Å²) in [4.78, 5) is 0.0782. The van der Waals surface area contributed by atoms with Crippen molar-refractivity contribution in [1.82, 2.24) is 4.31 Å². The Bertz CT molecular complexity index is 627. The number of halogens is 1. The molecule has 1 fully saturated rings. The molecule has 6 heteroatoms. The van der Waals surface area contributed by atoms with E-state index >= 15 is 0 Å². The summed E-state index contributed by atoms with van der Waals surface area (Å²) < 4.78 is 26.5. The number of nitriles is 1. The van der Waals surface area contributed by atoms with Crippen molar-refractivity contribution < 1.29 is 8.42 Å². The molecule has 0 radical (unpaired) electrons. The van der Waals surface area contributed by atoms with Crippen LogP contribution in [-0.4, -0.2) is 25.8 Å². The zero-order valence-electron chi connectivity index (χ0n) is 10.8. The van der Waals surface area contributed by atoms with Gasteiger partial charge in [0.15, 0.2) is 0 Å². The van der Waals surface area contributed by atoms with Gasteiger partial charge in [0.25, 0.3) is 0 Å². The summed E-state index contributed by atoms with van der Waals surface area (Å²) in [5.41, 5.74) is 0.354. The van der Waals surface area contributed by atoms with Crippen LogP contribution in [0, 0.1) is 23.2 Å². The fraction of sp³-hybridized carbons (Fsp3) is 0.462. The third-order valence-electron chi connectivity index (χ3n) is 3.63. The van der Waals surface area contributed by atoms with E-state index in [0.29, 0.717) is 30.5 Å². The quantitative estimate of drug-likeness (QED) is 0.843. The van der Waals surface area contributed by atoms with E-state index in [1.807, 2.05) is 19.9 Å². The van der Waals surface area contributed by atoms with E-state index in [2.05, 4.69) is 0 Å². The lowest BCUT2D eigenvalue weighted by Crippen LogP contribution is -2.29. The van der Waals surface area contributed by atoms with Crippen LogP contribution in [0.1, 0.15) is 19.4 Å². The largest absolute Gasteiger partial charge is 0.244 e. The highest BCUT2D eigenvalue weighted by molar-refractivity contribution is 7.89. The first kappa shape index (κ1) is 14.3. The molecule has 4 nitrogen and oxygen atoms in total. The topological polar surface area (TPSA) is 61.2 Å². The Balaban J connectivity index is 2.39. The van der Waals surface area contributed by atoms with Gasteiger partial charge in [-0.1, -0.05) is 25.4 Å². The van der Waals surface area contributed by atoms with Crippen molar-refractivity contribution in [2.45, 2.75) is 18.7 Å². The molecule has 19 heavy (non-hydrogen) atoms. The summed E-state index contributed by atoms with van der Waals surface area (Å²) in [5.74, 6) is 0.680. The zero-order valence-corrected chi connectivity index (χ0v) is 12.4. The van der Waals surface area contributed by atoms with Crippen LogP contribution in [0.4, 0.5) is 0 Å². The fourth-order valence-electron chi connectivity index (χ4n) is 2.19. The molecular formula is C13H15ClN2O2S. The van der Waals surface area contributed by atoms with Gasteiger partial charge in [0, 0.05) is 13.1 Å². The molecule has 0 aromatic heterocycles. The molecule has 1 aliphatic rings. The number of rotatable bonds is 2. The van der Waals surface area contributed by atoms with Crippen molar-refractivity contribution in [2.24, 2.45) is 11.8 Å². The average molecular weight is 299 g/mol. The van der Waals surface area contributed by atoms with E-state index in [1.165, 1.54) is 22.5 Å². The summed E-state index contributed by atoms with van der Waals surface area (Å²) in [5, 5.41) is 8.87. The molecule has 0 aliphatic carbocycles. The normalized spacial score (nSPS) is 24.3. The maximum absolute atomic E-state index is 12.5. The van der Waals surface area contributed by atoms with Crippen LogP contribution in [0.25, 0.3) is 0 Å². The standard InChI is InChI=1S/C13H15ClN2O2S/c1-9-7-16(8-10(9)2)19(17,18)13-4-3-11(6-15)5-12(13)14/h3-5,9-10H,7-8H2,1-2H3. The van der Waals surface area contributed by atoms with Gasteiger partial charge in [-0.3, -0.25) is 0 Å². The molecule has 1 aromatic rings. The van der Waals surface area contributed by atoms with Crippen molar-refractivity contribution in [3.05, 3.63) is 28.8 Å². The van der Waals surface area contributed by atoms with Crippen molar-refractivity contribution in [3.63, 3.8) is 0 Å². The van der Waals surface area contributed by atoms with Gasteiger partial charge in [0.1, 0.15) is 4.90 Å². The number of hydrogen-bond donors (Lipinski definition) is 0. The Labute approximate surface area is 118 Å². The molecule has 2 unspecified atom stereocenters. The summed E-state index contributed by atoms with van der Waals surface area (Å²) >= 11 is 5.99. The monoisotopic (exact) mass is 298 g/mol. The van der Waals surface area contributed by atoms with E-state index in [-0.39, 0.29) is 9.92 Å². The van der Waals surface area contributed by atoms with Crippen molar-refractivity contribution in [2.75, 3.05) is 13.1 Å². The minimum Gasteiger partial charge on any atom is -0.207 e. The van der Waals surface area contributed by atoms with Crippen LogP contribution in [0.5, 0.6) is 0 Å². The lowest BCUT2D eigenvalue weighted by molar-refractivity contribution is 0.463. The molecular weight excluding hydrogens is 284 g/mol. The second-order valence-electron chi connectivity index (χ2n) is 5.03. The van der Waals surface area contributed by atoms with E-state index in [9.17, 15) is 8.42 Å². The summed E-state index contributed by atoms with van der Waals surface area (Å²) in [6.07, 6.45) is 0. The fourth-order valence-corrected chi connectivity index (χ4v) is 4.35. The molecule has 0 N–H and O–H groups in total. The highest BCUT2D eigenvalue weighted by atomic mass is 35.5. The Hall–Kier alpha value is -1.09. The maximum atomic E-state index is 12.5. The number of benzene rings is 1. The van der Waals surface area contributed by atoms with E-state index in [0.717, 1.165) is 0 Å². The van der Waals surface area contributed by atoms with Crippen LogP contribution < -0.4 is 0 Å². The number of hydrogen-bond acceptors (Lipinski definition) is 3. The molecule has 0 saturated carbocycles. The van der Waals surface area contributed by atoms with Crippen LogP contribution in [-0.2, 0) is 10.0 Å². The van der Waals surface area contributed by atoms with Crippen molar-refractivity contribution in [3.8, 4) is 6.07 Å². The molecule has 1 saturated heterocycles. The zero-order chi connectivity index (χ0) is 14.2. The molecule has 102 valence electrons. The van der Waals surface area contributed by atoms with Crippen LogP contribution in [0.15, 0.2) is 23.1 Å². The molecule has 1 heterocycles. The Morgan fingerprint density at radius 1 is 1.32 bits per heavy atom. The van der Waals surface area contributed by atoms with Gasteiger partial charge in [-0.2, -0.15) is 9.57 Å². The molecule has 0 bridgehead atoms. The maximum Gasteiger partial charge on any atom is 0.244 e. The van der Waals surface area contributed by atoms with Crippen LogP contribution in [0.2, 0.25) is 5.02 Å². The minimum absolute atomic E-state index is 0.0782. The first-order valence-electron chi connectivity index (χ1n) is 6.06. The molecule has 1 aliphatic heterocycles. The van der Waals surface area contributed by atoms with Gasteiger partial charge >= 0.3 is 0 Å².